The smallest absolute Gasteiger partial charge is 0.100 e. The molecule has 5 heteroatoms. The van der Waals surface area contributed by atoms with Crippen molar-refractivity contribution in [2.24, 2.45) is 0 Å². The van der Waals surface area contributed by atoms with Crippen LogP contribution in [0.25, 0.3) is 0 Å². The maximum absolute atomic E-state index is 11.4. The van der Waals surface area contributed by atoms with E-state index in [0.29, 0.717) is 12.1 Å². The largest absolute Gasteiger partial charge is 0.380 e. The molecule has 3 nitrogen and oxygen atoms in total. The van der Waals surface area contributed by atoms with Crippen molar-refractivity contribution in [3.63, 3.8) is 0 Å². The highest BCUT2D eigenvalue weighted by atomic mass is 32.2. The summed E-state index contributed by atoms with van der Waals surface area (Å²) >= 11 is 1.56. The van der Waals surface area contributed by atoms with E-state index in [1.54, 1.807) is 17.6 Å². The Morgan fingerprint density at radius 3 is 2.94 bits per heavy atom. The van der Waals surface area contributed by atoms with Crippen LogP contribution in [0, 0.1) is 11.3 Å². The second-order valence-electron chi connectivity index (χ2n) is 3.75. The number of benzene rings is 1. The van der Waals surface area contributed by atoms with Crippen molar-refractivity contribution in [1.82, 2.24) is 0 Å². The van der Waals surface area contributed by atoms with E-state index < -0.39 is 10.8 Å². The van der Waals surface area contributed by atoms with E-state index in [2.05, 4.69) is 11.4 Å². The number of thiophene rings is 1. The molecule has 0 aliphatic heterocycles. The van der Waals surface area contributed by atoms with E-state index in [0.717, 1.165) is 15.5 Å². The summed E-state index contributed by atoms with van der Waals surface area (Å²) in [7, 11) is -0.965. The highest BCUT2D eigenvalue weighted by molar-refractivity contribution is 7.84. The van der Waals surface area contributed by atoms with Crippen molar-refractivity contribution in [1.29, 1.82) is 5.26 Å². The van der Waals surface area contributed by atoms with Gasteiger partial charge in [0.15, 0.2) is 0 Å². The Labute approximate surface area is 113 Å². The molecule has 0 spiro atoms. The second-order valence-corrected chi connectivity index (χ2v) is 6.12. The average molecular weight is 276 g/mol. The van der Waals surface area contributed by atoms with Crippen LogP contribution in [0.1, 0.15) is 10.4 Å². The summed E-state index contributed by atoms with van der Waals surface area (Å²) in [5.41, 5.74) is 1.63. The van der Waals surface area contributed by atoms with E-state index in [4.69, 9.17) is 5.26 Å². The van der Waals surface area contributed by atoms with Crippen LogP contribution in [-0.4, -0.2) is 10.5 Å². The predicted molar refractivity (Wildman–Crippen MR) is 75.1 cm³/mol. The zero-order valence-electron chi connectivity index (χ0n) is 9.84. The molecule has 2 aromatic rings. The molecule has 1 N–H and O–H groups in total. The first-order chi connectivity index (χ1) is 8.69. The predicted octanol–water partition coefficient (Wildman–Crippen LogP) is 2.97. The number of nitrogens with zero attached hydrogens (tertiary/aromatic N) is 1. The molecule has 0 radical (unpaired) electrons. The normalized spacial score (nSPS) is 11.8. The first-order valence-electron chi connectivity index (χ1n) is 5.34. The molecule has 0 fully saturated rings. The SMILES string of the molecule is C[S@](=O)c1cccc(NCc2cc(C#N)cs2)c1. The van der Waals surface area contributed by atoms with Crippen LogP contribution in [0.2, 0.25) is 0 Å². The zero-order chi connectivity index (χ0) is 13.0. The fourth-order valence-electron chi connectivity index (χ4n) is 1.51. The first-order valence-corrected chi connectivity index (χ1v) is 7.77. The third kappa shape index (κ3) is 3.19. The summed E-state index contributed by atoms with van der Waals surface area (Å²) in [5.74, 6) is 0. The van der Waals surface area contributed by atoms with Crippen LogP contribution >= 0.6 is 11.3 Å². The summed E-state index contributed by atoms with van der Waals surface area (Å²) in [6.07, 6.45) is 1.66. The summed E-state index contributed by atoms with van der Waals surface area (Å²) in [6, 6.07) is 11.5. The molecule has 0 aliphatic rings. The molecule has 0 aliphatic carbocycles. The maximum atomic E-state index is 11.4. The number of rotatable bonds is 4. The monoisotopic (exact) mass is 276 g/mol. The molecule has 92 valence electrons. The Hall–Kier alpha value is -1.64. The lowest BCUT2D eigenvalue weighted by molar-refractivity contribution is 0.687. The van der Waals surface area contributed by atoms with Crippen molar-refractivity contribution in [2.45, 2.75) is 11.4 Å². The van der Waals surface area contributed by atoms with Gasteiger partial charge in [-0.15, -0.1) is 11.3 Å². The lowest BCUT2D eigenvalue weighted by Gasteiger charge is -2.05. The van der Waals surface area contributed by atoms with Gasteiger partial charge in [0.1, 0.15) is 6.07 Å². The Morgan fingerprint density at radius 1 is 1.44 bits per heavy atom. The summed E-state index contributed by atoms with van der Waals surface area (Å²) < 4.78 is 11.4. The molecule has 0 unspecified atom stereocenters. The van der Waals surface area contributed by atoms with Crippen molar-refractivity contribution in [3.05, 3.63) is 46.2 Å². The molecule has 1 aromatic heterocycles. The minimum Gasteiger partial charge on any atom is -0.380 e. The van der Waals surface area contributed by atoms with E-state index >= 15 is 0 Å². The van der Waals surface area contributed by atoms with Crippen LogP contribution in [0.4, 0.5) is 5.69 Å². The van der Waals surface area contributed by atoms with Crippen molar-refractivity contribution >= 4 is 27.8 Å². The van der Waals surface area contributed by atoms with E-state index in [1.807, 2.05) is 35.7 Å². The van der Waals surface area contributed by atoms with Gasteiger partial charge in [0, 0.05) is 44.4 Å². The number of anilines is 1. The highest BCUT2D eigenvalue weighted by Crippen LogP contribution is 2.17. The molecular formula is C13H12N2OS2. The minimum atomic E-state index is -0.965. The minimum absolute atomic E-state index is 0.673. The van der Waals surface area contributed by atoms with Crippen molar-refractivity contribution in [2.75, 3.05) is 11.6 Å². The van der Waals surface area contributed by atoms with Crippen LogP contribution in [0.3, 0.4) is 0 Å². The molecule has 1 atom stereocenters. The molecular weight excluding hydrogens is 264 g/mol. The fraction of sp³-hybridized carbons (Fsp3) is 0.154. The zero-order valence-corrected chi connectivity index (χ0v) is 11.5. The number of nitrogens with one attached hydrogen (secondary N) is 1. The molecule has 1 aromatic carbocycles. The molecule has 2 rings (SSSR count). The molecule has 1 heterocycles. The van der Waals surface area contributed by atoms with Gasteiger partial charge in [-0.2, -0.15) is 5.26 Å². The molecule has 0 saturated carbocycles. The van der Waals surface area contributed by atoms with Gasteiger partial charge in [-0.25, -0.2) is 0 Å². The molecule has 0 bridgehead atoms. The number of hydrogen-bond acceptors (Lipinski definition) is 4. The molecule has 18 heavy (non-hydrogen) atoms. The Morgan fingerprint density at radius 2 is 2.28 bits per heavy atom. The highest BCUT2D eigenvalue weighted by Gasteiger charge is 2.01. The summed E-state index contributed by atoms with van der Waals surface area (Å²) in [5, 5.41) is 13.8. The van der Waals surface area contributed by atoms with Gasteiger partial charge in [-0.05, 0) is 24.3 Å². The summed E-state index contributed by atoms with van der Waals surface area (Å²) in [4.78, 5) is 1.92. The molecule has 0 amide bonds. The number of nitriles is 1. The Bertz CT molecular complexity index is 613. The van der Waals surface area contributed by atoms with Gasteiger partial charge in [-0.3, -0.25) is 4.21 Å². The van der Waals surface area contributed by atoms with Gasteiger partial charge in [-0.1, -0.05) is 6.07 Å². The van der Waals surface area contributed by atoms with Crippen LogP contribution in [0.15, 0.2) is 40.6 Å². The second kappa shape index (κ2) is 5.80. The van der Waals surface area contributed by atoms with Crippen LogP contribution in [0.5, 0.6) is 0 Å². The maximum Gasteiger partial charge on any atom is 0.100 e. The van der Waals surface area contributed by atoms with E-state index in [1.165, 1.54) is 0 Å². The standard InChI is InChI=1S/C13H12N2OS2/c1-18(16)13-4-2-3-11(6-13)15-8-12-5-10(7-14)9-17-12/h2-6,9,15H,8H2,1H3/t18-/m0/s1. The topological polar surface area (TPSA) is 52.9 Å². The first kappa shape index (κ1) is 12.8. The van der Waals surface area contributed by atoms with E-state index in [9.17, 15) is 4.21 Å². The summed E-state index contributed by atoms with van der Waals surface area (Å²) in [6.45, 7) is 0.673. The molecule has 0 saturated heterocycles. The average Bonchev–Trinajstić information content (AvgIpc) is 2.84. The van der Waals surface area contributed by atoms with Crippen molar-refractivity contribution < 1.29 is 4.21 Å². The Balaban J connectivity index is 2.04. The van der Waals surface area contributed by atoms with Gasteiger partial charge < -0.3 is 5.32 Å². The van der Waals surface area contributed by atoms with Gasteiger partial charge >= 0.3 is 0 Å². The lowest BCUT2D eigenvalue weighted by Crippen LogP contribution is -1.98. The third-order valence-corrected chi connectivity index (χ3v) is 4.27. The Kier molecular flexibility index (Phi) is 4.13. The van der Waals surface area contributed by atoms with Gasteiger partial charge in [0.05, 0.1) is 5.56 Å². The third-order valence-electron chi connectivity index (χ3n) is 2.42. The number of hydrogen-bond donors (Lipinski definition) is 1. The van der Waals surface area contributed by atoms with Crippen LogP contribution < -0.4 is 5.32 Å². The van der Waals surface area contributed by atoms with Gasteiger partial charge in [0.25, 0.3) is 0 Å². The van der Waals surface area contributed by atoms with Crippen LogP contribution in [-0.2, 0) is 17.3 Å². The quantitative estimate of drug-likeness (QED) is 0.934. The van der Waals surface area contributed by atoms with Crippen molar-refractivity contribution in [3.8, 4) is 6.07 Å². The van der Waals surface area contributed by atoms with Gasteiger partial charge in [0.2, 0.25) is 0 Å². The van der Waals surface area contributed by atoms with E-state index in [-0.39, 0.29) is 0 Å². The lowest BCUT2D eigenvalue weighted by atomic mass is 10.3. The fourth-order valence-corrected chi connectivity index (χ4v) is 2.82.